The van der Waals surface area contributed by atoms with Crippen molar-refractivity contribution in [1.29, 1.82) is 0 Å². The SMILES string of the molecule is O=[N+]([O-])c1cc(F)c(Br)cc1NCC1CCCCS1. The minimum absolute atomic E-state index is 0.221. The first-order valence-electron chi connectivity index (χ1n) is 6.07. The number of nitrogens with one attached hydrogen (secondary N) is 1. The van der Waals surface area contributed by atoms with Crippen LogP contribution in [0, 0.1) is 15.9 Å². The van der Waals surface area contributed by atoms with E-state index in [1.54, 1.807) is 0 Å². The lowest BCUT2D eigenvalue weighted by molar-refractivity contribution is -0.384. The fourth-order valence-electron chi connectivity index (χ4n) is 2.02. The predicted octanol–water partition coefficient (Wildman–Crippen LogP) is 4.19. The van der Waals surface area contributed by atoms with Crippen molar-refractivity contribution in [3.05, 3.63) is 32.5 Å². The molecular formula is C12H14BrFN2O2S. The molecule has 0 saturated carbocycles. The molecule has 0 amide bonds. The van der Waals surface area contributed by atoms with Crippen LogP contribution in [0.1, 0.15) is 19.3 Å². The Kier molecular flexibility index (Phi) is 5.04. The second-order valence-electron chi connectivity index (χ2n) is 4.41. The van der Waals surface area contributed by atoms with Gasteiger partial charge in [0.2, 0.25) is 0 Å². The third-order valence-corrected chi connectivity index (χ3v) is 5.04. The van der Waals surface area contributed by atoms with Crippen LogP contribution in [0.2, 0.25) is 0 Å². The van der Waals surface area contributed by atoms with Crippen LogP contribution in [0.25, 0.3) is 0 Å². The molecule has 19 heavy (non-hydrogen) atoms. The topological polar surface area (TPSA) is 55.2 Å². The summed E-state index contributed by atoms with van der Waals surface area (Å²) in [6, 6.07) is 2.38. The molecule has 1 saturated heterocycles. The molecule has 1 aromatic rings. The van der Waals surface area contributed by atoms with Crippen molar-refractivity contribution < 1.29 is 9.31 Å². The highest BCUT2D eigenvalue weighted by Crippen LogP contribution is 2.32. The minimum Gasteiger partial charge on any atom is -0.378 e. The van der Waals surface area contributed by atoms with Crippen LogP contribution in [0.4, 0.5) is 15.8 Å². The number of nitro groups is 1. The molecule has 1 atom stereocenters. The van der Waals surface area contributed by atoms with Crippen molar-refractivity contribution >= 4 is 39.1 Å². The van der Waals surface area contributed by atoms with E-state index in [2.05, 4.69) is 21.2 Å². The van der Waals surface area contributed by atoms with Gasteiger partial charge in [-0.15, -0.1) is 0 Å². The standard InChI is InChI=1S/C12H14BrFN2O2S/c13-9-5-11(12(16(17)18)6-10(9)14)15-7-8-3-1-2-4-19-8/h5-6,8,15H,1-4,7H2. The number of nitrogens with zero attached hydrogens (tertiary/aromatic N) is 1. The molecular weight excluding hydrogens is 335 g/mol. The summed E-state index contributed by atoms with van der Waals surface area (Å²) in [5, 5.41) is 14.5. The van der Waals surface area contributed by atoms with Gasteiger partial charge < -0.3 is 5.32 Å². The molecule has 1 fully saturated rings. The zero-order chi connectivity index (χ0) is 13.8. The van der Waals surface area contributed by atoms with Gasteiger partial charge in [0.05, 0.1) is 15.5 Å². The van der Waals surface area contributed by atoms with Crippen LogP contribution >= 0.6 is 27.7 Å². The summed E-state index contributed by atoms with van der Waals surface area (Å²) in [5.74, 6) is 0.519. The highest BCUT2D eigenvalue weighted by Gasteiger charge is 2.19. The summed E-state index contributed by atoms with van der Waals surface area (Å²) < 4.78 is 13.6. The largest absolute Gasteiger partial charge is 0.378 e. The number of rotatable bonds is 4. The maximum absolute atomic E-state index is 13.3. The van der Waals surface area contributed by atoms with Crippen LogP contribution in [0.3, 0.4) is 0 Å². The van der Waals surface area contributed by atoms with Crippen molar-refractivity contribution in [2.75, 3.05) is 17.6 Å². The van der Waals surface area contributed by atoms with Crippen molar-refractivity contribution in [2.24, 2.45) is 0 Å². The number of nitro benzene ring substituents is 1. The molecule has 0 aromatic heterocycles. The molecule has 104 valence electrons. The lowest BCUT2D eigenvalue weighted by atomic mass is 10.2. The minimum atomic E-state index is -0.621. The predicted molar refractivity (Wildman–Crippen MR) is 79.3 cm³/mol. The van der Waals surface area contributed by atoms with Gasteiger partial charge in [0, 0.05) is 11.8 Å². The van der Waals surface area contributed by atoms with Gasteiger partial charge in [0.15, 0.2) is 0 Å². The maximum atomic E-state index is 13.3. The summed E-state index contributed by atoms with van der Waals surface area (Å²) in [7, 11) is 0. The molecule has 1 heterocycles. The lowest BCUT2D eigenvalue weighted by Gasteiger charge is -2.21. The van der Waals surface area contributed by atoms with Gasteiger partial charge in [0.25, 0.3) is 5.69 Å². The van der Waals surface area contributed by atoms with E-state index in [4.69, 9.17) is 0 Å². The molecule has 1 aromatic carbocycles. The first-order chi connectivity index (χ1) is 9.08. The molecule has 4 nitrogen and oxygen atoms in total. The summed E-state index contributed by atoms with van der Waals surface area (Å²) in [4.78, 5) is 10.4. The molecule has 0 spiro atoms. The van der Waals surface area contributed by atoms with E-state index in [-0.39, 0.29) is 10.2 Å². The molecule has 1 aliphatic heterocycles. The van der Waals surface area contributed by atoms with Gasteiger partial charge in [-0.2, -0.15) is 11.8 Å². The molecule has 2 rings (SSSR count). The Morgan fingerprint density at radius 3 is 2.95 bits per heavy atom. The molecule has 7 heteroatoms. The van der Waals surface area contributed by atoms with Crippen LogP contribution in [-0.4, -0.2) is 22.5 Å². The fraction of sp³-hybridized carbons (Fsp3) is 0.500. The highest BCUT2D eigenvalue weighted by atomic mass is 79.9. The van der Waals surface area contributed by atoms with E-state index in [9.17, 15) is 14.5 Å². The Hall–Kier alpha value is -0.820. The van der Waals surface area contributed by atoms with Gasteiger partial charge in [-0.25, -0.2) is 4.39 Å². The second kappa shape index (κ2) is 6.56. The van der Waals surface area contributed by atoms with Gasteiger partial charge in [-0.1, -0.05) is 6.42 Å². The summed E-state index contributed by atoms with van der Waals surface area (Å²) >= 11 is 4.94. The number of halogens is 2. The molecule has 0 bridgehead atoms. The van der Waals surface area contributed by atoms with Crippen molar-refractivity contribution in [1.82, 2.24) is 0 Å². The molecule has 0 aliphatic carbocycles. The van der Waals surface area contributed by atoms with E-state index < -0.39 is 10.7 Å². The fourth-order valence-corrected chi connectivity index (χ4v) is 3.60. The monoisotopic (exact) mass is 348 g/mol. The van der Waals surface area contributed by atoms with E-state index >= 15 is 0 Å². The number of benzene rings is 1. The van der Waals surface area contributed by atoms with E-state index in [0.29, 0.717) is 17.5 Å². The maximum Gasteiger partial charge on any atom is 0.295 e. The Morgan fingerprint density at radius 2 is 2.32 bits per heavy atom. The van der Waals surface area contributed by atoms with E-state index in [1.807, 2.05) is 11.8 Å². The van der Waals surface area contributed by atoms with Crippen molar-refractivity contribution in [3.63, 3.8) is 0 Å². The zero-order valence-electron chi connectivity index (χ0n) is 10.2. The lowest BCUT2D eigenvalue weighted by Crippen LogP contribution is -2.20. The van der Waals surface area contributed by atoms with Gasteiger partial charge >= 0.3 is 0 Å². The third-order valence-electron chi connectivity index (χ3n) is 3.03. The third kappa shape index (κ3) is 3.82. The molecule has 1 N–H and O–H groups in total. The average Bonchev–Trinajstić information content (AvgIpc) is 2.40. The number of hydrogen-bond acceptors (Lipinski definition) is 4. The Bertz CT molecular complexity index is 481. The summed E-state index contributed by atoms with van der Waals surface area (Å²) in [6.45, 7) is 0.670. The first-order valence-corrected chi connectivity index (χ1v) is 7.91. The van der Waals surface area contributed by atoms with E-state index in [0.717, 1.165) is 18.2 Å². The quantitative estimate of drug-likeness (QED) is 0.654. The number of thioether (sulfide) groups is 1. The van der Waals surface area contributed by atoms with Gasteiger partial charge in [-0.3, -0.25) is 10.1 Å². The Labute approximate surface area is 123 Å². The van der Waals surface area contributed by atoms with Gasteiger partial charge in [-0.05, 0) is 40.6 Å². The molecule has 0 radical (unpaired) electrons. The summed E-state index contributed by atoms with van der Waals surface area (Å²) in [6.07, 6.45) is 3.56. The molecule has 1 aliphatic rings. The summed E-state index contributed by atoms with van der Waals surface area (Å²) in [5.41, 5.74) is 0.144. The number of anilines is 1. The second-order valence-corrected chi connectivity index (χ2v) is 6.67. The first kappa shape index (κ1) is 14.6. The zero-order valence-corrected chi connectivity index (χ0v) is 12.6. The highest BCUT2D eigenvalue weighted by molar-refractivity contribution is 9.10. The van der Waals surface area contributed by atoms with Crippen LogP contribution in [-0.2, 0) is 0 Å². The molecule has 1 unspecified atom stereocenters. The van der Waals surface area contributed by atoms with E-state index in [1.165, 1.54) is 18.9 Å². The van der Waals surface area contributed by atoms with Gasteiger partial charge in [0.1, 0.15) is 11.5 Å². The smallest absolute Gasteiger partial charge is 0.295 e. The number of hydrogen-bond donors (Lipinski definition) is 1. The average molecular weight is 349 g/mol. The van der Waals surface area contributed by atoms with Crippen LogP contribution in [0.5, 0.6) is 0 Å². The van der Waals surface area contributed by atoms with Crippen LogP contribution in [0.15, 0.2) is 16.6 Å². The van der Waals surface area contributed by atoms with Crippen molar-refractivity contribution in [3.8, 4) is 0 Å². The Balaban J connectivity index is 2.09. The Morgan fingerprint density at radius 1 is 1.53 bits per heavy atom. The normalized spacial score (nSPS) is 19.2. The van der Waals surface area contributed by atoms with Crippen molar-refractivity contribution in [2.45, 2.75) is 24.5 Å². The van der Waals surface area contributed by atoms with Crippen LogP contribution < -0.4 is 5.32 Å².